The van der Waals surface area contributed by atoms with E-state index in [1.54, 1.807) is 32.0 Å². The van der Waals surface area contributed by atoms with Crippen LogP contribution in [0.15, 0.2) is 51.4 Å². The first kappa shape index (κ1) is 29.3. The number of aromatic nitrogens is 1. The quantitative estimate of drug-likeness (QED) is 0.200. The molecule has 13 heteroatoms. The Balaban J connectivity index is 2.05. The highest BCUT2D eigenvalue weighted by atomic mass is 32.1. The average molecular weight is 584 g/mol. The summed E-state index contributed by atoms with van der Waals surface area (Å²) >= 11 is 1.03. The maximum absolute atomic E-state index is 14.0. The Morgan fingerprint density at radius 1 is 1.10 bits per heavy atom. The first-order valence-corrected chi connectivity index (χ1v) is 13.4. The van der Waals surface area contributed by atoms with Crippen molar-refractivity contribution in [2.45, 2.75) is 26.8 Å². The van der Waals surface area contributed by atoms with Crippen LogP contribution in [-0.2, 0) is 9.53 Å². The Bertz CT molecular complexity index is 1720. The minimum absolute atomic E-state index is 0.117. The molecule has 1 aliphatic rings. The van der Waals surface area contributed by atoms with Crippen molar-refractivity contribution in [2.24, 2.45) is 4.99 Å². The number of para-hydroxylation sites is 1. The highest BCUT2D eigenvalue weighted by Crippen LogP contribution is 2.41. The number of nitro groups is 1. The number of fused-ring (bicyclic) bond motifs is 1. The van der Waals surface area contributed by atoms with Crippen molar-refractivity contribution in [3.63, 3.8) is 0 Å². The van der Waals surface area contributed by atoms with Gasteiger partial charge >= 0.3 is 5.97 Å². The van der Waals surface area contributed by atoms with Crippen molar-refractivity contribution in [3.8, 4) is 23.0 Å². The first-order valence-electron chi connectivity index (χ1n) is 12.6. The molecule has 2 heterocycles. The predicted molar refractivity (Wildman–Crippen MR) is 151 cm³/mol. The van der Waals surface area contributed by atoms with Gasteiger partial charge < -0.3 is 23.7 Å². The van der Waals surface area contributed by atoms with Gasteiger partial charge in [0.05, 0.1) is 66.9 Å². The van der Waals surface area contributed by atoms with Gasteiger partial charge in [-0.3, -0.25) is 19.5 Å². The lowest BCUT2D eigenvalue weighted by Gasteiger charge is -2.26. The van der Waals surface area contributed by atoms with Crippen LogP contribution in [0.25, 0.3) is 6.08 Å². The van der Waals surface area contributed by atoms with E-state index in [-0.39, 0.29) is 39.5 Å². The van der Waals surface area contributed by atoms with Gasteiger partial charge in [-0.1, -0.05) is 23.5 Å². The summed E-state index contributed by atoms with van der Waals surface area (Å²) in [6.07, 6.45) is 1.40. The Labute approximate surface area is 238 Å². The Hall–Kier alpha value is -4.65. The van der Waals surface area contributed by atoms with Crippen LogP contribution in [0.2, 0.25) is 0 Å². The molecule has 3 aromatic rings. The van der Waals surface area contributed by atoms with Crippen LogP contribution in [-0.4, -0.2) is 50.0 Å². The second kappa shape index (κ2) is 12.3. The van der Waals surface area contributed by atoms with Gasteiger partial charge in [0.2, 0.25) is 0 Å². The van der Waals surface area contributed by atoms with Crippen molar-refractivity contribution in [3.05, 3.63) is 82.5 Å². The smallest absolute Gasteiger partial charge is 0.338 e. The number of hydrogen-bond acceptors (Lipinski definition) is 11. The summed E-state index contributed by atoms with van der Waals surface area (Å²) in [6, 6.07) is 6.89. The molecule has 2 aromatic carbocycles. The predicted octanol–water partition coefficient (Wildman–Crippen LogP) is 3.13. The minimum atomic E-state index is -0.968. The standard InChI is InChI=1S/C28H29N3O9S/c1-7-39-25-17(10-9-11-19(25)36-4)24-23(27(33)40-8-2)15(3)29-28-30(24)26(32)22(41-28)13-16-12-20(37-5)21(38-6)14-18(16)31(34)35/h9-14,24H,7-8H2,1-6H3/b22-13+/t24-/m1/s1. The molecule has 1 aromatic heterocycles. The van der Waals surface area contributed by atoms with E-state index in [1.807, 2.05) is 6.92 Å². The number of thiazole rings is 1. The lowest BCUT2D eigenvalue weighted by molar-refractivity contribution is -0.385. The monoisotopic (exact) mass is 583 g/mol. The molecule has 0 radical (unpaired) electrons. The second-order valence-corrected chi connectivity index (χ2v) is 9.65. The van der Waals surface area contributed by atoms with E-state index in [4.69, 9.17) is 23.7 Å². The summed E-state index contributed by atoms with van der Waals surface area (Å²) < 4.78 is 28.9. The number of carbonyl (C=O) groups excluding carboxylic acids is 1. The number of esters is 1. The number of methoxy groups -OCH3 is 3. The van der Waals surface area contributed by atoms with Gasteiger partial charge in [-0.05, 0) is 39.0 Å². The molecule has 1 atom stereocenters. The van der Waals surface area contributed by atoms with E-state index in [9.17, 15) is 19.7 Å². The van der Waals surface area contributed by atoms with Crippen molar-refractivity contribution in [2.75, 3.05) is 34.5 Å². The van der Waals surface area contributed by atoms with Crippen molar-refractivity contribution < 1.29 is 33.4 Å². The van der Waals surface area contributed by atoms with Crippen LogP contribution >= 0.6 is 11.3 Å². The van der Waals surface area contributed by atoms with Crippen molar-refractivity contribution in [1.82, 2.24) is 4.57 Å². The fourth-order valence-corrected chi connectivity index (χ4v) is 5.63. The molecule has 0 saturated heterocycles. The third-order valence-electron chi connectivity index (χ3n) is 6.35. The van der Waals surface area contributed by atoms with Gasteiger partial charge in [0.1, 0.15) is 6.04 Å². The number of nitro benzene ring substituents is 1. The van der Waals surface area contributed by atoms with Crippen LogP contribution < -0.4 is 33.8 Å². The molecule has 12 nitrogen and oxygen atoms in total. The van der Waals surface area contributed by atoms with E-state index in [0.717, 1.165) is 11.3 Å². The highest BCUT2D eigenvalue weighted by Gasteiger charge is 2.36. The topological polar surface area (TPSA) is 141 Å². The number of rotatable bonds is 10. The molecule has 4 rings (SSSR count). The molecule has 0 unspecified atom stereocenters. The van der Waals surface area contributed by atoms with Crippen molar-refractivity contribution >= 4 is 29.1 Å². The summed E-state index contributed by atoms with van der Waals surface area (Å²) in [4.78, 5) is 43.4. The van der Waals surface area contributed by atoms with Crippen LogP contribution in [0.5, 0.6) is 23.0 Å². The van der Waals surface area contributed by atoms with Gasteiger partial charge in [-0.25, -0.2) is 9.79 Å². The number of allylic oxidation sites excluding steroid dienone is 1. The zero-order valence-electron chi connectivity index (χ0n) is 23.4. The molecular weight excluding hydrogens is 554 g/mol. The van der Waals surface area contributed by atoms with Gasteiger partial charge in [-0.15, -0.1) is 0 Å². The minimum Gasteiger partial charge on any atom is -0.493 e. The summed E-state index contributed by atoms with van der Waals surface area (Å²) in [7, 11) is 4.28. The molecule has 0 spiro atoms. The molecule has 0 bridgehead atoms. The number of benzene rings is 2. The number of ether oxygens (including phenoxy) is 5. The third kappa shape index (κ3) is 5.40. The summed E-state index contributed by atoms with van der Waals surface area (Å²) in [5.74, 6) is 0.588. The Morgan fingerprint density at radius 3 is 2.39 bits per heavy atom. The molecule has 41 heavy (non-hydrogen) atoms. The molecule has 1 aliphatic heterocycles. The zero-order valence-corrected chi connectivity index (χ0v) is 24.2. The second-order valence-electron chi connectivity index (χ2n) is 8.64. The van der Waals surface area contributed by atoms with Gasteiger partial charge in [0.15, 0.2) is 27.8 Å². The largest absolute Gasteiger partial charge is 0.493 e. The molecule has 0 N–H and O–H groups in total. The fraction of sp³-hybridized carbons (Fsp3) is 0.321. The number of hydrogen-bond donors (Lipinski definition) is 0. The molecule has 0 aliphatic carbocycles. The normalized spacial score (nSPS) is 14.7. The lowest BCUT2D eigenvalue weighted by atomic mass is 9.94. The molecule has 216 valence electrons. The number of nitrogens with zero attached hydrogens (tertiary/aromatic N) is 3. The summed E-state index contributed by atoms with van der Waals surface area (Å²) in [6.45, 7) is 5.58. The summed E-state index contributed by atoms with van der Waals surface area (Å²) in [5, 5.41) is 11.9. The Morgan fingerprint density at radius 2 is 1.78 bits per heavy atom. The molecular formula is C28H29N3O9S. The Kier molecular flexibility index (Phi) is 8.77. The SMILES string of the molecule is CCOC(=O)C1=C(C)N=c2s/c(=C/c3cc(OC)c(OC)cc3[N+](=O)[O-])c(=O)n2[C@@H]1c1cccc(OC)c1OCC. The van der Waals surface area contributed by atoms with E-state index in [1.165, 1.54) is 44.1 Å². The lowest BCUT2D eigenvalue weighted by Crippen LogP contribution is -2.40. The summed E-state index contributed by atoms with van der Waals surface area (Å²) in [5.41, 5.74) is 0.364. The van der Waals surface area contributed by atoms with Gasteiger partial charge in [0, 0.05) is 5.56 Å². The van der Waals surface area contributed by atoms with Crippen LogP contribution in [0.3, 0.4) is 0 Å². The van der Waals surface area contributed by atoms with E-state index >= 15 is 0 Å². The van der Waals surface area contributed by atoms with Gasteiger partial charge in [0.25, 0.3) is 11.2 Å². The molecule has 0 amide bonds. The van der Waals surface area contributed by atoms with E-state index < -0.39 is 22.5 Å². The average Bonchev–Trinajstić information content (AvgIpc) is 3.26. The fourth-order valence-electron chi connectivity index (χ4n) is 4.59. The van der Waals surface area contributed by atoms with Crippen LogP contribution in [0.1, 0.15) is 37.9 Å². The third-order valence-corrected chi connectivity index (χ3v) is 7.33. The van der Waals surface area contributed by atoms with Crippen LogP contribution in [0.4, 0.5) is 5.69 Å². The van der Waals surface area contributed by atoms with E-state index in [2.05, 4.69) is 4.99 Å². The maximum atomic E-state index is 14.0. The maximum Gasteiger partial charge on any atom is 0.338 e. The molecule has 0 saturated carbocycles. The highest BCUT2D eigenvalue weighted by molar-refractivity contribution is 7.07. The molecule has 0 fully saturated rings. The van der Waals surface area contributed by atoms with Crippen LogP contribution in [0, 0.1) is 10.1 Å². The van der Waals surface area contributed by atoms with Gasteiger partial charge in [-0.2, -0.15) is 0 Å². The zero-order chi connectivity index (χ0) is 29.8. The van der Waals surface area contributed by atoms with E-state index in [0.29, 0.717) is 34.2 Å². The number of carbonyl (C=O) groups is 1. The van der Waals surface area contributed by atoms with Crippen molar-refractivity contribution in [1.29, 1.82) is 0 Å². The first-order chi connectivity index (χ1) is 19.7.